The maximum Gasteiger partial charge on any atom is 0.415 e. The molecule has 4 rings (SSSR count). The van der Waals surface area contributed by atoms with Crippen LogP contribution in [0.3, 0.4) is 0 Å². The number of carbonyl (C=O) groups is 1. The Bertz CT molecular complexity index is 736. The molecule has 5 nitrogen and oxygen atoms in total. The maximum absolute atomic E-state index is 12.8. The molecule has 2 aliphatic rings. The second kappa shape index (κ2) is 6.77. The molecule has 0 unspecified atom stereocenters. The van der Waals surface area contributed by atoms with Crippen molar-refractivity contribution in [3.05, 3.63) is 35.8 Å². The van der Waals surface area contributed by atoms with Crippen molar-refractivity contribution >= 4 is 23.2 Å². The molecule has 2 fully saturated rings. The summed E-state index contributed by atoms with van der Waals surface area (Å²) >= 11 is 1.54. The molecule has 25 heavy (non-hydrogen) atoms. The first-order valence-corrected chi connectivity index (χ1v) is 9.73. The molecule has 1 aromatic carbocycles. The number of fused-ring (bicyclic) bond motifs is 2. The van der Waals surface area contributed by atoms with Crippen LogP contribution >= 0.6 is 11.3 Å². The third-order valence-electron chi connectivity index (χ3n) is 5.21. The molecule has 0 spiro atoms. The van der Waals surface area contributed by atoms with Gasteiger partial charge in [0, 0.05) is 13.6 Å². The van der Waals surface area contributed by atoms with Crippen LogP contribution in [0.5, 0.6) is 0 Å². The summed E-state index contributed by atoms with van der Waals surface area (Å²) in [4.78, 5) is 22.2. The number of hydrogen-bond acceptors (Lipinski definition) is 5. The topological polar surface area (TPSA) is 45.7 Å². The normalized spacial score (nSPS) is 25.4. The molecule has 0 N–H and O–H groups in total. The van der Waals surface area contributed by atoms with E-state index in [1.807, 2.05) is 30.3 Å². The standard InChI is InChI=1S/C19H23N3O2S/c1-21(17-16(25-14-20-17)15-7-3-2-4-8-15)18(23)24-19-9-5-11-22(13-19)12-6-10-19/h2-4,7-8,14H,5-6,9-13H2,1H3. The van der Waals surface area contributed by atoms with Crippen LogP contribution in [0, 0.1) is 0 Å². The largest absolute Gasteiger partial charge is 0.441 e. The Hall–Kier alpha value is -1.92. The van der Waals surface area contributed by atoms with Gasteiger partial charge in [-0.15, -0.1) is 11.3 Å². The molecule has 0 saturated carbocycles. The maximum atomic E-state index is 12.8. The molecular formula is C19H23N3O2S. The summed E-state index contributed by atoms with van der Waals surface area (Å²) in [7, 11) is 1.75. The predicted molar refractivity (Wildman–Crippen MR) is 100 cm³/mol. The van der Waals surface area contributed by atoms with E-state index in [4.69, 9.17) is 4.74 Å². The Labute approximate surface area is 152 Å². The number of carbonyl (C=O) groups excluding carboxylic acids is 1. The number of anilines is 1. The highest BCUT2D eigenvalue weighted by Crippen LogP contribution is 2.37. The van der Waals surface area contributed by atoms with Crippen molar-refractivity contribution in [3.63, 3.8) is 0 Å². The Morgan fingerprint density at radius 2 is 1.96 bits per heavy atom. The second-order valence-corrected chi connectivity index (χ2v) is 7.82. The quantitative estimate of drug-likeness (QED) is 0.833. The van der Waals surface area contributed by atoms with Gasteiger partial charge in [-0.05, 0) is 44.3 Å². The first-order valence-electron chi connectivity index (χ1n) is 8.85. The summed E-state index contributed by atoms with van der Waals surface area (Å²) in [6, 6.07) is 10.0. The van der Waals surface area contributed by atoms with Crippen molar-refractivity contribution in [2.45, 2.75) is 31.3 Å². The van der Waals surface area contributed by atoms with E-state index >= 15 is 0 Å². The van der Waals surface area contributed by atoms with Crippen molar-refractivity contribution in [2.75, 3.05) is 31.6 Å². The minimum absolute atomic E-state index is 0.299. The third-order valence-corrected chi connectivity index (χ3v) is 6.07. The number of piperidine rings is 2. The van der Waals surface area contributed by atoms with Gasteiger partial charge in [-0.2, -0.15) is 0 Å². The molecule has 0 aliphatic carbocycles. The lowest BCUT2D eigenvalue weighted by Gasteiger charge is -2.46. The van der Waals surface area contributed by atoms with Gasteiger partial charge >= 0.3 is 6.09 Å². The lowest BCUT2D eigenvalue weighted by atomic mass is 9.84. The third kappa shape index (κ3) is 3.28. The fourth-order valence-electron chi connectivity index (χ4n) is 3.95. The summed E-state index contributed by atoms with van der Waals surface area (Å²) in [6.07, 6.45) is 3.83. The van der Waals surface area contributed by atoms with Gasteiger partial charge in [0.2, 0.25) is 0 Å². The number of amides is 1. The van der Waals surface area contributed by atoms with Crippen LogP contribution in [-0.4, -0.2) is 48.3 Å². The van der Waals surface area contributed by atoms with Gasteiger partial charge in [-0.25, -0.2) is 9.78 Å². The first kappa shape index (κ1) is 16.5. The van der Waals surface area contributed by atoms with Crippen LogP contribution in [0.1, 0.15) is 25.7 Å². The van der Waals surface area contributed by atoms with Crippen molar-refractivity contribution in [1.29, 1.82) is 0 Å². The summed E-state index contributed by atoms with van der Waals surface area (Å²) in [5.41, 5.74) is 2.53. The van der Waals surface area contributed by atoms with Crippen LogP contribution in [0.2, 0.25) is 0 Å². The van der Waals surface area contributed by atoms with E-state index in [1.165, 1.54) is 0 Å². The molecule has 2 bridgehead atoms. The highest BCUT2D eigenvalue weighted by Gasteiger charge is 2.42. The molecule has 0 atom stereocenters. The molecule has 1 amide bonds. The smallest absolute Gasteiger partial charge is 0.415 e. The SMILES string of the molecule is CN(C(=O)OC12CCCN(CCC1)C2)c1ncsc1-c1ccccc1. The average molecular weight is 357 g/mol. The van der Waals surface area contributed by atoms with E-state index in [0.29, 0.717) is 5.82 Å². The van der Waals surface area contributed by atoms with Crippen molar-refractivity contribution < 1.29 is 9.53 Å². The molecule has 2 aromatic rings. The molecule has 6 heteroatoms. The number of aromatic nitrogens is 1. The number of hydrogen-bond donors (Lipinski definition) is 0. The lowest BCUT2D eigenvalue weighted by molar-refractivity contribution is -0.0685. The van der Waals surface area contributed by atoms with Gasteiger partial charge in [-0.3, -0.25) is 9.80 Å². The number of benzene rings is 1. The molecule has 1 aromatic heterocycles. The van der Waals surface area contributed by atoms with Gasteiger partial charge in [0.25, 0.3) is 0 Å². The molecule has 2 aliphatic heterocycles. The highest BCUT2D eigenvalue weighted by molar-refractivity contribution is 7.13. The van der Waals surface area contributed by atoms with E-state index in [2.05, 4.69) is 9.88 Å². The van der Waals surface area contributed by atoms with E-state index < -0.39 is 0 Å². The lowest BCUT2D eigenvalue weighted by Crippen LogP contribution is -2.55. The zero-order valence-corrected chi connectivity index (χ0v) is 15.3. The number of rotatable bonds is 3. The van der Waals surface area contributed by atoms with Gasteiger partial charge in [-0.1, -0.05) is 30.3 Å². The monoisotopic (exact) mass is 357 g/mol. The molecule has 0 radical (unpaired) electrons. The predicted octanol–water partition coefficient (Wildman–Crippen LogP) is 4.01. The van der Waals surface area contributed by atoms with E-state index in [1.54, 1.807) is 28.8 Å². The Morgan fingerprint density at radius 3 is 2.68 bits per heavy atom. The minimum Gasteiger partial charge on any atom is -0.441 e. The Kier molecular flexibility index (Phi) is 4.48. The average Bonchev–Trinajstić information content (AvgIpc) is 3.11. The zero-order chi connectivity index (χ0) is 17.3. The van der Waals surface area contributed by atoms with Crippen LogP contribution in [0.25, 0.3) is 10.4 Å². The van der Waals surface area contributed by atoms with Crippen LogP contribution in [-0.2, 0) is 4.74 Å². The van der Waals surface area contributed by atoms with Crippen LogP contribution in [0.4, 0.5) is 10.6 Å². The van der Waals surface area contributed by atoms with Crippen molar-refractivity contribution in [3.8, 4) is 10.4 Å². The molecule has 2 saturated heterocycles. The fourth-order valence-corrected chi connectivity index (χ4v) is 4.78. The Balaban J connectivity index is 1.53. The fraction of sp³-hybridized carbons (Fsp3) is 0.474. The molecule has 3 heterocycles. The second-order valence-electron chi connectivity index (χ2n) is 6.96. The highest BCUT2D eigenvalue weighted by atomic mass is 32.1. The van der Waals surface area contributed by atoms with Gasteiger partial charge < -0.3 is 4.74 Å². The Morgan fingerprint density at radius 1 is 1.24 bits per heavy atom. The summed E-state index contributed by atoms with van der Waals surface area (Å²) in [5, 5.41) is 0. The summed E-state index contributed by atoms with van der Waals surface area (Å²) in [6.45, 7) is 3.12. The molecule has 132 valence electrons. The zero-order valence-electron chi connectivity index (χ0n) is 14.5. The van der Waals surface area contributed by atoms with E-state index in [0.717, 1.165) is 55.8 Å². The number of thiazole rings is 1. The van der Waals surface area contributed by atoms with Crippen molar-refractivity contribution in [1.82, 2.24) is 9.88 Å². The number of ether oxygens (including phenoxy) is 1. The summed E-state index contributed by atoms with van der Waals surface area (Å²) in [5.74, 6) is 0.668. The molecular weight excluding hydrogens is 334 g/mol. The van der Waals surface area contributed by atoms with Gasteiger partial charge in [0.1, 0.15) is 5.60 Å². The van der Waals surface area contributed by atoms with Crippen molar-refractivity contribution in [2.24, 2.45) is 0 Å². The van der Waals surface area contributed by atoms with Gasteiger partial charge in [0.15, 0.2) is 5.82 Å². The van der Waals surface area contributed by atoms with E-state index in [-0.39, 0.29) is 11.7 Å². The van der Waals surface area contributed by atoms with Crippen LogP contribution in [0.15, 0.2) is 35.8 Å². The van der Waals surface area contributed by atoms with E-state index in [9.17, 15) is 4.79 Å². The van der Waals surface area contributed by atoms with Gasteiger partial charge in [0.05, 0.1) is 10.4 Å². The minimum atomic E-state index is -0.315. The summed E-state index contributed by atoms with van der Waals surface area (Å²) < 4.78 is 6.04. The van der Waals surface area contributed by atoms with Crippen LogP contribution < -0.4 is 4.90 Å². The number of nitrogens with zero attached hydrogens (tertiary/aromatic N) is 3. The first-order chi connectivity index (χ1) is 12.2.